The predicted molar refractivity (Wildman–Crippen MR) is 43.3 cm³/mol. The van der Waals surface area contributed by atoms with Gasteiger partial charge in [0, 0.05) is 12.1 Å². The van der Waals surface area contributed by atoms with Crippen molar-refractivity contribution in [2.45, 2.75) is 19.1 Å². The molecule has 0 spiro atoms. The molecule has 0 bridgehead atoms. The van der Waals surface area contributed by atoms with Crippen molar-refractivity contribution in [3.63, 3.8) is 0 Å². The minimum Gasteiger partial charge on any atom is -0.356 e. The molecule has 2 heteroatoms. The Morgan fingerprint density at radius 2 is 2.18 bits per heavy atom. The normalized spacial score (nSPS) is 22.1. The molecule has 0 amide bonds. The fourth-order valence-electron chi connectivity index (χ4n) is 1.40. The van der Waals surface area contributed by atoms with Crippen molar-refractivity contribution in [1.82, 2.24) is 0 Å². The number of aryl methyl sites for hydroxylation is 1. The van der Waals surface area contributed by atoms with E-state index in [-0.39, 0.29) is 0 Å². The Hall–Kier alpha value is -1.05. The van der Waals surface area contributed by atoms with Gasteiger partial charge in [0.2, 0.25) is 0 Å². The Bertz CT molecular complexity index is 259. The molecule has 1 atom stereocenters. The van der Waals surface area contributed by atoms with Gasteiger partial charge in [-0.05, 0) is 18.1 Å². The van der Waals surface area contributed by atoms with Crippen molar-refractivity contribution in [3.8, 4) is 0 Å². The van der Waals surface area contributed by atoms with E-state index in [1.54, 1.807) is 0 Å². The largest absolute Gasteiger partial charge is 0.356 e. The quantitative estimate of drug-likeness (QED) is 0.561. The zero-order valence-corrected chi connectivity index (χ0v) is 6.18. The first-order valence-corrected chi connectivity index (χ1v) is 3.85. The van der Waals surface area contributed by atoms with Crippen LogP contribution in [0.5, 0.6) is 0 Å². The summed E-state index contributed by atoms with van der Waals surface area (Å²) in [6.07, 6.45) is 0.589. The summed E-state index contributed by atoms with van der Waals surface area (Å²) < 4.78 is 12.8. The number of para-hydroxylation sites is 1. The molecule has 0 aliphatic carbocycles. The van der Waals surface area contributed by atoms with Gasteiger partial charge in [-0.3, -0.25) is 0 Å². The maximum Gasteiger partial charge on any atom is 0.170 e. The van der Waals surface area contributed by atoms with Crippen molar-refractivity contribution in [2.75, 3.05) is 5.32 Å². The summed E-state index contributed by atoms with van der Waals surface area (Å²) in [5.74, 6) is 0. The molecular weight excluding hydrogens is 141 g/mol. The van der Waals surface area contributed by atoms with Crippen LogP contribution in [0.4, 0.5) is 10.1 Å². The molecule has 1 unspecified atom stereocenters. The van der Waals surface area contributed by atoms with Gasteiger partial charge in [0.1, 0.15) is 0 Å². The Kier molecular flexibility index (Phi) is 1.53. The van der Waals surface area contributed by atoms with Crippen LogP contribution in [0, 0.1) is 0 Å². The fraction of sp³-hybridized carbons (Fsp3) is 0.333. The molecule has 1 N–H and O–H groups in total. The lowest BCUT2D eigenvalue weighted by atomic mass is 10.0. The number of halogens is 1. The highest BCUT2D eigenvalue weighted by atomic mass is 19.1. The molecule has 0 saturated carbocycles. The van der Waals surface area contributed by atoms with E-state index >= 15 is 0 Å². The molecule has 1 aliphatic rings. The molecule has 1 aliphatic heterocycles. The van der Waals surface area contributed by atoms with Gasteiger partial charge < -0.3 is 5.32 Å². The summed E-state index contributed by atoms with van der Waals surface area (Å²) in [6, 6.07) is 7.86. The van der Waals surface area contributed by atoms with Crippen molar-refractivity contribution >= 4 is 5.69 Å². The highest BCUT2D eigenvalue weighted by Gasteiger charge is 2.14. The highest BCUT2D eigenvalue weighted by molar-refractivity contribution is 5.53. The molecule has 58 valence electrons. The van der Waals surface area contributed by atoms with Gasteiger partial charge in [0.25, 0.3) is 0 Å². The van der Waals surface area contributed by atoms with Gasteiger partial charge in [0.15, 0.2) is 6.30 Å². The van der Waals surface area contributed by atoms with Crippen molar-refractivity contribution in [3.05, 3.63) is 29.8 Å². The van der Waals surface area contributed by atoms with E-state index in [2.05, 4.69) is 5.32 Å². The van der Waals surface area contributed by atoms with E-state index in [0.29, 0.717) is 6.42 Å². The predicted octanol–water partition coefficient (Wildman–Crippen LogP) is 2.34. The maximum absolute atomic E-state index is 12.8. The van der Waals surface area contributed by atoms with E-state index < -0.39 is 6.30 Å². The standard InChI is InChI=1S/C9H10FN/c10-9-6-5-7-3-1-2-4-8(7)11-9/h1-4,9,11H,5-6H2. The van der Waals surface area contributed by atoms with Gasteiger partial charge in [-0.15, -0.1) is 0 Å². The summed E-state index contributed by atoms with van der Waals surface area (Å²) in [4.78, 5) is 0. The molecule has 1 aromatic carbocycles. The number of alkyl halides is 1. The Morgan fingerprint density at radius 3 is 3.09 bits per heavy atom. The number of anilines is 1. The van der Waals surface area contributed by atoms with Gasteiger partial charge in [-0.1, -0.05) is 18.2 Å². The Morgan fingerprint density at radius 1 is 1.36 bits per heavy atom. The lowest BCUT2D eigenvalue weighted by Crippen LogP contribution is -2.20. The number of nitrogens with one attached hydrogen (secondary N) is 1. The average molecular weight is 151 g/mol. The molecule has 11 heavy (non-hydrogen) atoms. The molecule has 1 aromatic rings. The minimum absolute atomic E-state index is 0.594. The summed E-state index contributed by atoms with van der Waals surface area (Å²) in [7, 11) is 0. The van der Waals surface area contributed by atoms with Gasteiger partial charge in [-0.2, -0.15) is 0 Å². The summed E-state index contributed by atoms with van der Waals surface area (Å²) in [6.45, 7) is 0. The summed E-state index contributed by atoms with van der Waals surface area (Å²) in [5, 5.41) is 2.79. The molecule has 1 heterocycles. The van der Waals surface area contributed by atoms with Crippen molar-refractivity contribution in [1.29, 1.82) is 0 Å². The van der Waals surface area contributed by atoms with Crippen molar-refractivity contribution in [2.24, 2.45) is 0 Å². The van der Waals surface area contributed by atoms with Crippen LogP contribution in [0.15, 0.2) is 24.3 Å². The zero-order valence-electron chi connectivity index (χ0n) is 6.18. The molecule has 0 saturated heterocycles. The fourth-order valence-corrected chi connectivity index (χ4v) is 1.40. The van der Waals surface area contributed by atoms with E-state index in [0.717, 1.165) is 12.1 Å². The van der Waals surface area contributed by atoms with Crippen LogP contribution in [0.1, 0.15) is 12.0 Å². The zero-order chi connectivity index (χ0) is 7.68. The van der Waals surface area contributed by atoms with Crippen LogP contribution in [0.25, 0.3) is 0 Å². The van der Waals surface area contributed by atoms with Crippen LogP contribution >= 0.6 is 0 Å². The number of hydrogen-bond donors (Lipinski definition) is 1. The first-order valence-electron chi connectivity index (χ1n) is 3.85. The first kappa shape index (κ1) is 6.65. The van der Waals surface area contributed by atoms with Gasteiger partial charge in [-0.25, -0.2) is 4.39 Å². The third kappa shape index (κ3) is 1.20. The van der Waals surface area contributed by atoms with Crippen LogP contribution in [0.2, 0.25) is 0 Å². The Balaban J connectivity index is 2.34. The van der Waals surface area contributed by atoms with Crippen LogP contribution in [-0.4, -0.2) is 6.30 Å². The van der Waals surface area contributed by atoms with Crippen LogP contribution in [-0.2, 0) is 6.42 Å². The van der Waals surface area contributed by atoms with Crippen LogP contribution < -0.4 is 5.32 Å². The molecule has 0 radical (unpaired) electrons. The third-order valence-corrected chi connectivity index (χ3v) is 2.00. The second-order valence-corrected chi connectivity index (χ2v) is 2.81. The van der Waals surface area contributed by atoms with Crippen molar-refractivity contribution < 1.29 is 4.39 Å². The lowest BCUT2D eigenvalue weighted by Gasteiger charge is -2.20. The molecule has 1 nitrogen and oxygen atoms in total. The van der Waals surface area contributed by atoms with E-state index in [4.69, 9.17) is 0 Å². The average Bonchev–Trinajstić information content (AvgIpc) is 2.04. The second kappa shape index (κ2) is 2.53. The topological polar surface area (TPSA) is 12.0 Å². The van der Waals surface area contributed by atoms with Crippen LogP contribution in [0.3, 0.4) is 0 Å². The second-order valence-electron chi connectivity index (χ2n) is 2.81. The van der Waals surface area contributed by atoms with E-state index in [1.807, 2.05) is 24.3 Å². The number of hydrogen-bond acceptors (Lipinski definition) is 1. The third-order valence-electron chi connectivity index (χ3n) is 2.00. The molecule has 0 fully saturated rings. The van der Waals surface area contributed by atoms with Gasteiger partial charge >= 0.3 is 0 Å². The number of fused-ring (bicyclic) bond motifs is 1. The smallest absolute Gasteiger partial charge is 0.170 e. The number of rotatable bonds is 0. The number of benzene rings is 1. The van der Waals surface area contributed by atoms with E-state index in [1.165, 1.54) is 5.56 Å². The molecule has 0 aromatic heterocycles. The molecular formula is C9H10FN. The van der Waals surface area contributed by atoms with Gasteiger partial charge in [0.05, 0.1) is 0 Å². The van der Waals surface area contributed by atoms with E-state index in [9.17, 15) is 4.39 Å². The summed E-state index contributed by atoms with van der Waals surface area (Å²) in [5.41, 5.74) is 2.17. The molecule has 2 rings (SSSR count). The Labute approximate surface area is 65.2 Å². The monoisotopic (exact) mass is 151 g/mol. The summed E-state index contributed by atoms with van der Waals surface area (Å²) >= 11 is 0. The SMILES string of the molecule is FC1CCc2ccccc2N1. The lowest BCUT2D eigenvalue weighted by molar-refractivity contribution is 0.344. The highest BCUT2D eigenvalue weighted by Crippen LogP contribution is 2.24. The maximum atomic E-state index is 12.8. The first-order chi connectivity index (χ1) is 5.36. The minimum atomic E-state index is -0.857.